The molecule has 1 aromatic heterocycles. The van der Waals surface area contributed by atoms with Crippen LogP contribution in [0.25, 0.3) is 0 Å². The minimum Gasteiger partial charge on any atom is -0.352 e. The third kappa shape index (κ3) is 6.37. The molecule has 0 aliphatic carbocycles. The van der Waals surface area contributed by atoms with E-state index in [2.05, 4.69) is 58.2 Å². The van der Waals surface area contributed by atoms with E-state index >= 15 is 0 Å². The fourth-order valence-electron chi connectivity index (χ4n) is 1.32. The van der Waals surface area contributed by atoms with Crippen molar-refractivity contribution in [1.82, 2.24) is 15.0 Å². The number of anilines is 2. The van der Waals surface area contributed by atoms with Crippen molar-refractivity contribution in [2.75, 3.05) is 10.6 Å². The Kier molecular flexibility index (Phi) is 5.32. The van der Waals surface area contributed by atoms with Crippen molar-refractivity contribution in [3.05, 3.63) is 5.82 Å². The predicted octanol–water partition coefficient (Wildman–Crippen LogP) is 2.91. The van der Waals surface area contributed by atoms with E-state index in [9.17, 15) is 0 Å². The summed E-state index contributed by atoms with van der Waals surface area (Å²) in [7, 11) is 0. The average Bonchev–Trinajstić information content (AvgIpc) is 2.23. The van der Waals surface area contributed by atoms with Crippen LogP contribution in [0.1, 0.15) is 54.3 Å². The van der Waals surface area contributed by atoms with Gasteiger partial charge in [-0.05, 0) is 54.4 Å². The molecule has 20 heavy (non-hydrogen) atoms. The molecular weight excluding hydrogens is 250 g/mol. The molecule has 0 aromatic carbocycles. The first-order valence-corrected chi connectivity index (χ1v) is 6.98. The molecule has 5 nitrogen and oxygen atoms in total. The average molecular weight is 275 g/mol. The lowest BCUT2D eigenvalue weighted by Gasteiger charge is -2.12. The van der Waals surface area contributed by atoms with E-state index in [0.717, 1.165) is 0 Å². The quantitative estimate of drug-likeness (QED) is 0.827. The van der Waals surface area contributed by atoms with Gasteiger partial charge in [-0.2, -0.15) is 15.0 Å². The predicted molar refractivity (Wildman–Crippen MR) is 83.7 cm³/mol. The lowest BCUT2D eigenvalue weighted by atomic mass is 9.98. The van der Waals surface area contributed by atoms with E-state index < -0.39 is 0 Å². The van der Waals surface area contributed by atoms with Gasteiger partial charge in [0, 0.05) is 17.5 Å². The van der Waals surface area contributed by atoms with Gasteiger partial charge in [-0.15, -0.1) is 0 Å². The highest BCUT2D eigenvalue weighted by Gasteiger charge is 2.08. The zero-order valence-electron chi connectivity index (χ0n) is 13.5. The molecule has 0 spiro atoms. The Morgan fingerprint density at radius 1 is 0.850 bits per heavy atom. The number of nitrogens with zero attached hydrogens (tertiary/aromatic N) is 3. The number of hydrogen-bond acceptors (Lipinski definition) is 5. The van der Waals surface area contributed by atoms with Gasteiger partial charge in [0.25, 0.3) is 0 Å². The number of rotatable bonds is 4. The maximum atomic E-state index is 4.35. The molecule has 110 valence electrons. The lowest BCUT2D eigenvalue weighted by molar-refractivity contribution is 0.570. The smallest absolute Gasteiger partial charge is 0.228 e. The van der Waals surface area contributed by atoms with Crippen LogP contribution >= 0.6 is 0 Å². The van der Waals surface area contributed by atoms with Gasteiger partial charge in [0.05, 0.1) is 0 Å². The van der Waals surface area contributed by atoms with E-state index in [0.29, 0.717) is 17.7 Å². The van der Waals surface area contributed by atoms with Gasteiger partial charge < -0.3 is 10.6 Å². The van der Waals surface area contributed by atoms with E-state index in [-0.39, 0.29) is 17.5 Å². The summed E-state index contributed by atoms with van der Waals surface area (Å²) in [6.45, 7) is 14.3. The van der Waals surface area contributed by atoms with Crippen molar-refractivity contribution in [2.24, 2.45) is 5.41 Å². The molecule has 0 unspecified atom stereocenters. The summed E-state index contributed by atoms with van der Waals surface area (Å²) in [4.78, 5) is 13.0. The van der Waals surface area contributed by atoms with Crippen LogP contribution in [0.15, 0.2) is 0 Å². The Balaban J connectivity index is 3.11. The Hall–Kier alpha value is -1.83. The van der Waals surface area contributed by atoms with Crippen LogP contribution in [-0.2, 0) is 0 Å². The molecule has 0 atom stereocenters. The highest BCUT2D eigenvalue weighted by atomic mass is 15.2. The summed E-state index contributed by atoms with van der Waals surface area (Å²) >= 11 is 0. The van der Waals surface area contributed by atoms with Crippen molar-refractivity contribution < 1.29 is 0 Å². The molecule has 0 radical (unpaired) electrons. The Bertz CT molecular complexity index is 475. The molecule has 1 heterocycles. The van der Waals surface area contributed by atoms with Crippen molar-refractivity contribution in [2.45, 2.75) is 60.5 Å². The summed E-state index contributed by atoms with van der Waals surface area (Å²) in [5.41, 5.74) is -0.0795. The third-order valence-corrected chi connectivity index (χ3v) is 2.02. The minimum absolute atomic E-state index is 0.0795. The SMILES string of the molecule is CC(C)Nc1nc(C#CC(C)(C)C)nc(NC(C)C)n1. The third-order valence-electron chi connectivity index (χ3n) is 2.02. The molecule has 5 heteroatoms. The second-order valence-corrected chi connectivity index (χ2v) is 6.40. The van der Waals surface area contributed by atoms with Crippen LogP contribution < -0.4 is 10.6 Å². The topological polar surface area (TPSA) is 62.7 Å². The fourth-order valence-corrected chi connectivity index (χ4v) is 1.32. The summed E-state index contributed by atoms with van der Waals surface area (Å²) in [5, 5.41) is 6.37. The normalized spacial score (nSPS) is 11.2. The molecule has 0 aliphatic rings. The van der Waals surface area contributed by atoms with E-state index in [1.165, 1.54) is 0 Å². The van der Waals surface area contributed by atoms with Gasteiger partial charge in [0.15, 0.2) is 0 Å². The standard InChI is InChI=1S/C15H25N5/c1-10(2)16-13-18-12(8-9-15(5,6)7)19-14(20-13)17-11(3)4/h10-11H,1-7H3,(H2,16,17,18,19,20). The molecule has 0 bridgehead atoms. The van der Waals surface area contributed by atoms with Gasteiger partial charge in [-0.3, -0.25) is 0 Å². The zero-order chi connectivity index (χ0) is 15.3. The summed E-state index contributed by atoms with van der Waals surface area (Å²) in [6.07, 6.45) is 0. The molecule has 2 N–H and O–H groups in total. The second kappa shape index (κ2) is 6.56. The van der Waals surface area contributed by atoms with Crippen LogP contribution in [0.4, 0.5) is 11.9 Å². The lowest BCUT2D eigenvalue weighted by Crippen LogP contribution is -2.18. The first-order valence-electron chi connectivity index (χ1n) is 6.98. The van der Waals surface area contributed by atoms with Crippen molar-refractivity contribution in [3.8, 4) is 11.8 Å². The second-order valence-electron chi connectivity index (χ2n) is 6.40. The van der Waals surface area contributed by atoms with Crippen LogP contribution in [0, 0.1) is 17.3 Å². The largest absolute Gasteiger partial charge is 0.352 e. The highest BCUT2D eigenvalue weighted by Crippen LogP contribution is 2.11. The Morgan fingerprint density at radius 2 is 1.30 bits per heavy atom. The molecule has 0 amide bonds. The first kappa shape index (κ1) is 16.2. The molecule has 1 aromatic rings. The fraction of sp³-hybridized carbons (Fsp3) is 0.667. The van der Waals surface area contributed by atoms with Gasteiger partial charge >= 0.3 is 0 Å². The summed E-state index contributed by atoms with van der Waals surface area (Å²) in [6, 6.07) is 0.514. The van der Waals surface area contributed by atoms with Gasteiger partial charge in [-0.1, -0.05) is 5.92 Å². The van der Waals surface area contributed by atoms with E-state index in [4.69, 9.17) is 0 Å². The Labute approximate surface area is 122 Å². The zero-order valence-corrected chi connectivity index (χ0v) is 13.5. The van der Waals surface area contributed by atoms with Crippen molar-refractivity contribution in [3.63, 3.8) is 0 Å². The van der Waals surface area contributed by atoms with Crippen LogP contribution in [-0.4, -0.2) is 27.0 Å². The summed E-state index contributed by atoms with van der Waals surface area (Å²) < 4.78 is 0. The van der Waals surface area contributed by atoms with Gasteiger partial charge in [0.2, 0.25) is 17.7 Å². The molecule has 1 rings (SSSR count). The number of nitrogens with one attached hydrogen (secondary N) is 2. The Morgan fingerprint density at radius 3 is 1.65 bits per heavy atom. The molecule has 0 saturated heterocycles. The monoisotopic (exact) mass is 275 g/mol. The number of hydrogen-bond donors (Lipinski definition) is 2. The maximum Gasteiger partial charge on any atom is 0.228 e. The van der Waals surface area contributed by atoms with Gasteiger partial charge in [-0.25, -0.2) is 0 Å². The van der Waals surface area contributed by atoms with Crippen LogP contribution in [0.5, 0.6) is 0 Å². The minimum atomic E-state index is -0.0795. The number of aromatic nitrogens is 3. The first-order chi connectivity index (χ1) is 9.15. The molecule has 0 saturated carbocycles. The molecular formula is C15H25N5. The summed E-state index contributed by atoms with van der Waals surface area (Å²) in [5.74, 6) is 7.75. The van der Waals surface area contributed by atoms with Crippen LogP contribution in [0.3, 0.4) is 0 Å². The molecule has 0 aliphatic heterocycles. The van der Waals surface area contributed by atoms with E-state index in [1.807, 2.05) is 27.7 Å². The van der Waals surface area contributed by atoms with Crippen molar-refractivity contribution >= 4 is 11.9 Å². The highest BCUT2D eigenvalue weighted by molar-refractivity contribution is 5.39. The van der Waals surface area contributed by atoms with Crippen LogP contribution in [0.2, 0.25) is 0 Å². The van der Waals surface area contributed by atoms with E-state index in [1.54, 1.807) is 0 Å². The van der Waals surface area contributed by atoms with Gasteiger partial charge in [0.1, 0.15) is 0 Å². The molecule has 0 fully saturated rings. The van der Waals surface area contributed by atoms with Crippen molar-refractivity contribution in [1.29, 1.82) is 0 Å². The maximum absolute atomic E-state index is 4.35.